The van der Waals surface area contributed by atoms with Crippen LogP contribution >= 0.6 is 15.9 Å². The number of anilines is 1. The summed E-state index contributed by atoms with van der Waals surface area (Å²) in [6.07, 6.45) is 1.76. The highest BCUT2D eigenvalue weighted by Gasteiger charge is 2.12. The molecule has 0 unspecified atom stereocenters. The van der Waals surface area contributed by atoms with Crippen molar-refractivity contribution in [1.29, 1.82) is 0 Å². The molecule has 0 saturated heterocycles. The number of hydrogen-bond donors (Lipinski definition) is 1. The minimum Gasteiger partial charge on any atom is -0.497 e. The van der Waals surface area contributed by atoms with Gasteiger partial charge in [-0.25, -0.2) is 4.39 Å². The molecule has 1 heterocycles. The minimum atomic E-state index is -0.280. The molecule has 0 spiro atoms. The van der Waals surface area contributed by atoms with E-state index >= 15 is 0 Å². The second-order valence-electron chi connectivity index (χ2n) is 5.33. The summed E-state index contributed by atoms with van der Waals surface area (Å²) in [7, 11) is 1.57. The summed E-state index contributed by atoms with van der Waals surface area (Å²) < 4.78 is 20.4. The number of amides is 1. The number of methoxy groups -OCH3 is 1. The Kier molecular flexibility index (Phi) is 5.14. The van der Waals surface area contributed by atoms with Gasteiger partial charge in [0.25, 0.3) is 5.91 Å². The van der Waals surface area contributed by atoms with Crippen molar-refractivity contribution >= 4 is 27.7 Å². The molecule has 0 fully saturated rings. The van der Waals surface area contributed by atoms with Gasteiger partial charge in [0.1, 0.15) is 11.6 Å². The lowest BCUT2D eigenvalue weighted by atomic mass is 10.2. The van der Waals surface area contributed by atoms with Crippen LogP contribution in [0.5, 0.6) is 5.75 Å². The van der Waals surface area contributed by atoms with Gasteiger partial charge >= 0.3 is 0 Å². The first-order valence-corrected chi connectivity index (χ1v) is 8.27. The predicted octanol–water partition coefficient (Wildman–Crippen LogP) is 4.09. The first-order valence-electron chi connectivity index (χ1n) is 7.48. The van der Waals surface area contributed by atoms with Crippen molar-refractivity contribution in [1.82, 2.24) is 9.78 Å². The van der Waals surface area contributed by atoms with Crippen LogP contribution in [-0.2, 0) is 6.54 Å². The molecule has 0 aliphatic heterocycles. The van der Waals surface area contributed by atoms with Crippen molar-refractivity contribution in [3.05, 3.63) is 76.1 Å². The Hall–Kier alpha value is -2.67. The molecular formula is C18H15BrFN3O2. The fraction of sp³-hybridized carbons (Fsp3) is 0.111. The third-order valence-electron chi connectivity index (χ3n) is 3.56. The molecule has 1 aromatic heterocycles. The lowest BCUT2D eigenvalue weighted by Crippen LogP contribution is -2.13. The summed E-state index contributed by atoms with van der Waals surface area (Å²) in [5.74, 6) is 0.553. The second kappa shape index (κ2) is 7.48. The van der Waals surface area contributed by atoms with E-state index in [1.165, 1.54) is 12.1 Å². The number of benzene rings is 2. The van der Waals surface area contributed by atoms with Crippen LogP contribution < -0.4 is 10.1 Å². The molecule has 5 nitrogen and oxygen atoms in total. The van der Waals surface area contributed by atoms with Crippen LogP contribution in [0.2, 0.25) is 0 Å². The van der Waals surface area contributed by atoms with Crippen LogP contribution in [0.15, 0.2) is 59.2 Å². The van der Waals surface area contributed by atoms with Gasteiger partial charge < -0.3 is 10.1 Å². The Bertz CT molecular complexity index is 876. The van der Waals surface area contributed by atoms with Gasteiger partial charge in [-0.3, -0.25) is 9.48 Å². The van der Waals surface area contributed by atoms with E-state index in [-0.39, 0.29) is 11.7 Å². The number of carbonyl (C=O) groups excluding carboxylic acids is 1. The Labute approximate surface area is 152 Å². The van der Waals surface area contributed by atoms with Crippen LogP contribution in [0, 0.1) is 5.82 Å². The molecule has 3 rings (SSSR count). The van der Waals surface area contributed by atoms with Crippen LogP contribution in [0.3, 0.4) is 0 Å². The average molecular weight is 404 g/mol. The standard InChI is InChI=1S/C18H15BrFN3O2/c1-25-15-8-4-13(5-9-15)18(24)21-17-16(19)11-23(22-17)10-12-2-6-14(20)7-3-12/h2-9,11H,10H2,1H3,(H,21,22,24). The highest BCUT2D eigenvalue weighted by molar-refractivity contribution is 9.10. The van der Waals surface area contributed by atoms with E-state index in [2.05, 4.69) is 26.3 Å². The predicted molar refractivity (Wildman–Crippen MR) is 96.4 cm³/mol. The highest BCUT2D eigenvalue weighted by atomic mass is 79.9. The topological polar surface area (TPSA) is 56.1 Å². The van der Waals surface area contributed by atoms with Crippen molar-refractivity contribution in [3.63, 3.8) is 0 Å². The van der Waals surface area contributed by atoms with Crippen LogP contribution in [0.1, 0.15) is 15.9 Å². The zero-order valence-electron chi connectivity index (χ0n) is 13.4. The zero-order chi connectivity index (χ0) is 17.8. The van der Waals surface area contributed by atoms with E-state index in [0.717, 1.165) is 5.56 Å². The SMILES string of the molecule is COc1ccc(C(=O)Nc2nn(Cc3ccc(F)cc3)cc2Br)cc1. The highest BCUT2D eigenvalue weighted by Crippen LogP contribution is 2.22. The van der Waals surface area contributed by atoms with Gasteiger partial charge in [-0.2, -0.15) is 5.10 Å². The number of halogens is 2. The van der Waals surface area contributed by atoms with Crippen molar-refractivity contribution in [2.24, 2.45) is 0 Å². The summed E-state index contributed by atoms with van der Waals surface area (Å²) in [5.41, 5.74) is 1.41. The average Bonchev–Trinajstić information content (AvgIpc) is 2.96. The van der Waals surface area contributed by atoms with Crippen LogP contribution in [0.25, 0.3) is 0 Å². The summed E-state index contributed by atoms with van der Waals surface area (Å²) in [5, 5.41) is 7.11. The largest absolute Gasteiger partial charge is 0.497 e. The molecule has 3 aromatic rings. The Morgan fingerprint density at radius 1 is 1.20 bits per heavy atom. The molecular weight excluding hydrogens is 389 g/mol. The monoisotopic (exact) mass is 403 g/mol. The number of aromatic nitrogens is 2. The Morgan fingerprint density at radius 2 is 1.88 bits per heavy atom. The maximum atomic E-state index is 13.0. The minimum absolute atomic E-state index is 0.268. The van der Waals surface area contributed by atoms with Crippen molar-refractivity contribution in [3.8, 4) is 5.75 Å². The van der Waals surface area contributed by atoms with Gasteiger partial charge in [0.2, 0.25) is 0 Å². The number of nitrogens with zero attached hydrogens (tertiary/aromatic N) is 2. The third kappa shape index (κ3) is 4.24. The number of carbonyl (C=O) groups is 1. The molecule has 7 heteroatoms. The molecule has 1 N–H and O–H groups in total. The summed E-state index contributed by atoms with van der Waals surface area (Å²) in [4.78, 5) is 12.3. The zero-order valence-corrected chi connectivity index (χ0v) is 15.0. The maximum absolute atomic E-state index is 13.0. The lowest BCUT2D eigenvalue weighted by molar-refractivity contribution is 0.102. The van der Waals surface area contributed by atoms with Gasteiger partial charge in [-0.15, -0.1) is 0 Å². The number of nitrogens with one attached hydrogen (secondary N) is 1. The van der Waals surface area contributed by atoms with Crippen LogP contribution in [-0.4, -0.2) is 22.8 Å². The molecule has 0 bridgehead atoms. The summed E-state index contributed by atoms with van der Waals surface area (Å²) >= 11 is 3.39. The van der Waals surface area contributed by atoms with Crippen molar-refractivity contribution < 1.29 is 13.9 Å². The molecule has 2 aromatic carbocycles. The smallest absolute Gasteiger partial charge is 0.256 e. The van der Waals surface area contributed by atoms with Crippen molar-refractivity contribution in [2.75, 3.05) is 12.4 Å². The molecule has 0 saturated carbocycles. The molecule has 25 heavy (non-hydrogen) atoms. The first kappa shape index (κ1) is 17.2. The van der Waals surface area contributed by atoms with Crippen molar-refractivity contribution in [2.45, 2.75) is 6.54 Å². The fourth-order valence-electron chi connectivity index (χ4n) is 2.26. The summed E-state index contributed by atoms with van der Waals surface area (Å²) in [6, 6.07) is 13.0. The lowest BCUT2D eigenvalue weighted by Gasteiger charge is -2.04. The summed E-state index contributed by atoms with van der Waals surface area (Å²) in [6.45, 7) is 0.470. The van der Waals surface area contributed by atoms with E-state index in [4.69, 9.17) is 4.74 Å². The molecule has 0 atom stereocenters. The van der Waals surface area contributed by atoms with Gasteiger partial charge in [0.15, 0.2) is 5.82 Å². The fourth-order valence-corrected chi connectivity index (χ4v) is 2.68. The van der Waals surface area contributed by atoms with E-state index in [1.807, 2.05) is 0 Å². The normalized spacial score (nSPS) is 10.5. The van der Waals surface area contributed by atoms with E-state index in [1.54, 1.807) is 54.4 Å². The van der Waals surface area contributed by atoms with Gasteiger partial charge in [0, 0.05) is 11.8 Å². The molecule has 0 aliphatic rings. The van der Waals surface area contributed by atoms with Gasteiger partial charge in [-0.1, -0.05) is 12.1 Å². The quantitative estimate of drug-likeness (QED) is 0.697. The Morgan fingerprint density at radius 3 is 2.52 bits per heavy atom. The van der Waals surface area contributed by atoms with Gasteiger partial charge in [-0.05, 0) is 57.9 Å². The second-order valence-corrected chi connectivity index (χ2v) is 6.19. The van der Waals surface area contributed by atoms with E-state index < -0.39 is 0 Å². The molecule has 1 amide bonds. The van der Waals surface area contributed by atoms with Gasteiger partial charge in [0.05, 0.1) is 18.1 Å². The van der Waals surface area contributed by atoms with E-state index in [0.29, 0.717) is 28.1 Å². The van der Waals surface area contributed by atoms with E-state index in [9.17, 15) is 9.18 Å². The number of hydrogen-bond acceptors (Lipinski definition) is 3. The molecule has 128 valence electrons. The number of ether oxygens (including phenoxy) is 1. The maximum Gasteiger partial charge on any atom is 0.256 e. The number of rotatable bonds is 5. The third-order valence-corrected chi connectivity index (χ3v) is 4.14. The van der Waals surface area contributed by atoms with Crippen LogP contribution in [0.4, 0.5) is 10.2 Å². The Balaban J connectivity index is 1.71. The first-order chi connectivity index (χ1) is 12.0. The molecule has 0 aliphatic carbocycles. The molecule has 0 radical (unpaired) electrons.